The van der Waals surface area contributed by atoms with Gasteiger partial charge in [0.15, 0.2) is 0 Å². The molecule has 1 atom stereocenters. The van der Waals surface area contributed by atoms with Crippen molar-refractivity contribution < 1.29 is 4.79 Å². The van der Waals surface area contributed by atoms with E-state index >= 15 is 0 Å². The predicted molar refractivity (Wildman–Crippen MR) is 90.2 cm³/mol. The van der Waals surface area contributed by atoms with E-state index in [-0.39, 0.29) is 23.1 Å². The molecule has 0 aliphatic heterocycles. The van der Waals surface area contributed by atoms with Gasteiger partial charge in [-0.15, -0.1) is 0 Å². The molecule has 1 rings (SSSR count). The van der Waals surface area contributed by atoms with Crippen molar-refractivity contribution in [2.24, 2.45) is 0 Å². The number of nitrogens with one attached hydrogen (secondary N) is 2. The first kappa shape index (κ1) is 17.2. The molecule has 0 aromatic carbocycles. The molecule has 0 aliphatic rings. The van der Waals surface area contributed by atoms with Crippen LogP contribution in [0.3, 0.4) is 0 Å². The van der Waals surface area contributed by atoms with E-state index < -0.39 is 0 Å². The zero-order valence-electron chi connectivity index (χ0n) is 12.4. The first-order chi connectivity index (χ1) is 9.53. The highest BCUT2D eigenvalue weighted by atomic mass is 127. The summed E-state index contributed by atoms with van der Waals surface area (Å²) in [5.74, 6) is -0.269. The number of aryl methyl sites for hydroxylation is 1. The highest BCUT2D eigenvalue weighted by Gasteiger charge is 2.16. The van der Waals surface area contributed by atoms with Crippen molar-refractivity contribution in [1.82, 2.24) is 10.3 Å². The van der Waals surface area contributed by atoms with E-state index in [0.717, 1.165) is 41.4 Å². The van der Waals surface area contributed by atoms with Crippen LogP contribution in [0.1, 0.15) is 62.5 Å². The largest absolute Gasteiger partial charge is 0.349 e. The van der Waals surface area contributed by atoms with Gasteiger partial charge in [0.25, 0.3) is 11.5 Å². The first-order valence-electron chi connectivity index (χ1n) is 7.25. The van der Waals surface area contributed by atoms with Crippen molar-refractivity contribution in [3.05, 3.63) is 31.2 Å². The van der Waals surface area contributed by atoms with Crippen LogP contribution >= 0.6 is 22.6 Å². The van der Waals surface area contributed by atoms with Gasteiger partial charge < -0.3 is 10.3 Å². The Balaban J connectivity index is 2.86. The van der Waals surface area contributed by atoms with E-state index in [9.17, 15) is 9.59 Å². The predicted octanol–water partition coefficient (Wildman–Crippen LogP) is 3.24. The summed E-state index contributed by atoms with van der Waals surface area (Å²) >= 11 is 2.15. The summed E-state index contributed by atoms with van der Waals surface area (Å²) in [5.41, 5.74) is 0.789. The monoisotopic (exact) mass is 390 g/mol. The van der Waals surface area contributed by atoms with Crippen LogP contribution in [-0.2, 0) is 6.42 Å². The van der Waals surface area contributed by atoms with Crippen LogP contribution in [0.2, 0.25) is 0 Å². The lowest BCUT2D eigenvalue weighted by molar-refractivity contribution is 0.0931. The zero-order valence-corrected chi connectivity index (χ0v) is 14.5. The number of H-pyrrole nitrogens is 1. The zero-order chi connectivity index (χ0) is 15.1. The van der Waals surface area contributed by atoms with E-state index in [4.69, 9.17) is 0 Å². The molecule has 112 valence electrons. The molecule has 1 aromatic rings. The minimum Gasteiger partial charge on any atom is -0.349 e. The lowest BCUT2D eigenvalue weighted by Gasteiger charge is -2.16. The number of rotatable bonds is 7. The molecule has 0 bridgehead atoms. The van der Waals surface area contributed by atoms with Gasteiger partial charge in [0.2, 0.25) is 0 Å². The van der Waals surface area contributed by atoms with E-state index in [1.807, 2.05) is 6.92 Å². The maximum atomic E-state index is 12.2. The molecule has 5 heteroatoms. The van der Waals surface area contributed by atoms with Crippen molar-refractivity contribution in [3.8, 4) is 0 Å². The second kappa shape index (κ2) is 8.44. The summed E-state index contributed by atoms with van der Waals surface area (Å²) < 4.78 is 0.927. The number of halogens is 1. The van der Waals surface area contributed by atoms with Crippen LogP contribution in [-0.4, -0.2) is 16.9 Å². The number of pyridine rings is 1. The Labute approximate surface area is 133 Å². The Morgan fingerprint density at radius 1 is 1.40 bits per heavy atom. The molecule has 2 N–H and O–H groups in total. The Morgan fingerprint density at radius 3 is 2.65 bits per heavy atom. The fraction of sp³-hybridized carbons (Fsp3) is 0.600. The van der Waals surface area contributed by atoms with Gasteiger partial charge in [-0.3, -0.25) is 9.59 Å². The smallest absolute Gasteiger partial charge is 0.261 e. The van der Waals surface area contributed by atoms with E-state index in [1.165, 1.54) is 0 Å². The molecule has 4 nitrogen and oxygen atoms in total. The molecule has 0 radical (unpaired) electrons. The molecule has 1 heterocycles. The average molecular weight is 390 g/mol. The fourth-order valence-electron chi connectivity index (χ4n) is 2.06. The van der Waals surface area contributed by atoms with Crippen LogP contribution < -0.4 is 10.9 Å². The molecule has 0 fully saturated rings. The van der Waals surface area contributed by atoms with Gasteiger partial charge in [0, 0.05) is 15.3 Å². The maximum Gasteiger partial charge on any atom is 0.261 e. The second-order valence-electron chi connectivity index (χ2n) is 4.91. The molecule has 0 spiro atoms. The van der Waals surface area contributed by atoms with Gasteiger partial charge in [0.05, 0.1) is 0 Å². The van der Waals surface area contributed by atoms with Crippen molar-refractivity contribution >= 4 is 28.5 Å². The molecule has 0 saturated carbocycles. The van der Waals surface area contributed by atoms with Crippen LogP contribution in [0.25, 0.3) is 0 Å². The molecule has 0 unspecified atom stereocenters. The van der Waals surface area contributed by atoms with Crippen LogP contribution in [0.15, 0.2) is 10.9 Å². The third-order valence-electron chi connectivity index (χ3n) is 3.40. The van der Waals surface area contributed by atoms with Crippen molar-refractivity contribution in [2.45, 2.75) is 58.9 Å². The number of carbonyl (C=O) groups is 1. The maximum absolute atomic E-state index is 12.2. The summed E-state index contributed by atoms with van der Waals surface area (Å²) in [6.45, 7) is 6.16. The molecular formula is C15H23IN2O2. The summed E-state index contributed by atoms with van der Waals surface area (Å²) in [4.78, 5) is 27.0. The summed E-state index contributed by atoms with van der Waals surface area (Å²) in [6, 6.07) is 1.82. The molecular weight excluding hydrogens is 367 g/mol. The van der Waals surface area contributed by atoms with Crippen molar-refractivity contribution in [1.29, 1.82) is 0 Å². The minimum absolute atomic E-state index is 0.144. The summed E-state index contributed by atoms with van der Waals surface area (Å²) in [5, 5.41) is 2.96. The lowest BCUT2D eigenvalue weighted by Crippen LogP contribution is -2.37. The second-order valence-corrected chi connectivity index (χ2v) is 6.08. The minimum atomic E-state index is -0.301. The topological polar surface area (TPSA) is 62.0 Å². The number of amides is 1. The molecule has 0 aliphatic carbocycles. The third kappa shape index (κ3) is 4.61. The molecule has 1 aromatic heterocycles. The molecule has 20 heavy (non-hydrogen) atoms. The van der Waals surface area contributed by atoms with Gasteiger partial charge in [-0.2, -0.15) is 0 Å². The summed E-state index contributed by atoms with van der Waals surface area (Å²) in [6.07, 6.45) is 4.79. The fourth-order valence-corrected chi connectivity index (χ4v) is 2.89. The standard InChI is InChI=1S/C15H23IN2O2/c1-4-7-8-10(5-2)17-14(19)11-9-12(16)13(6-3)18-15(11)20/h9-10H,4-8H2,1-3H3,(H,17,19)(H,18,20)/t10-/m0/s1. The summed E-state index contributed by atoms with van der Waals surface area (Å²) in [7, 11) is 0. The first-order valence-corrected chi connectivity index (χ1v) is 8.33. The highest BCUT2D eigenvalue weighted by molar-refractivity contribution is 14.1. The lowest BCUT2D eigenvalue weighted by atomic mass is 10.1. The Kier molecular flexibility index (Phi) is 7.26. The van der Waals surface area contributed by atoms with E-state index in [1.54, 1.807) is 6.07 Å². The number of aromatic amines is 1. The third-order valence-corrected chi connectivity index (χ3v) is 4.36. The van der Waals surface area contributed by atoms with E-state index in [0.29, 0.717) is 0 Å². The molecule has 0 saturated heterocycles. The van der Waals surface area contributed by atoms with Gasteiger partial charge in [-0.25, -0.2) is 0 Å². The van der Waals surface area contributed by atoms with Crippen LogP contribution in [0.4, 0.5) is 0 Å². The van der Waals surface area contributed by atoms with Gasteiger partial charge in [0.1, 0.15) is 5.56 Å². The number of carbonyl (C=O) groups excluding carboxylic acids is 1. The van der Waals surface area contributed by atoms with Crippen molar-refractivity contribution in [2.75, 3.05) is 0 Å². The van der Waals surface area contributed by atoms with E-state index in [2.05, 4.69) is 46.7 Å². The number of aromatic nitrogens is 1. The Bertz CT molecular complexity index is 511. The average Bonchev–Trinajstić information content (AvgIpc) is 2.44. The molecule has 1 amide bonds. The quantitative estimate of drug-likeness (QED) is 0.703. The van der Waals surface area contributed by atoms with Gasteiger partial charge in [-0.05, 0) is 47.9 Å². The Morgan fingerprint density at radius 2 is 2.10 bits per heavy atom. The van der Waals surface area contributed by atoms with Gasteiger partial charge in [-0.1, -0.05) is 33.6 Å². The van der Waals surface area contributed by atoms with Crippen LogP contribution in [0.5, 0.6) is 0 Å². The van der Waals surface area contributed by atoms with Crippen molar-refractivity contribution in [3.63, 3.8) is 0 Å². The highest BCUT2D eigenvalue weighted by Crippen LogP contribution is 2.11. The number of hydrogen-bond acceptors (Lipinski definition) is 2. The normalized spacial score (nSPS) is 12.2. The number of unbranched alkanes of at least 4 members (excludes halogenated alkanes) is 1. The Hall–Kier alpha value is -0.850. The van der Waals surface area contributed by atoms with Crippen LogP contribution in [0, 0.1) is 3.57 Å². The van der Waals surface area contributed by atoms with Gasteiger partial charge >= 0.3 is 0 Å². The number of hydrogen-bond donors (Lipinski definition) is 2. The SMILES string of the molecule is CCCC[C@H](CC)NC(=O)c1cc(I)c(CC)[nH]c1=O.